The quantitative estimate of drug-likeness (QED) is 0.646. The molecule has 0 atom stereocenters. The summed E-state index contributed by atoms with van der Waals surface area (Å²) in [7, 11) is 0. The number of rotatable bonds is 6. The first-order chi connectivity index (χ1) is 10.3. The highest BCUT2D eigenvalue weighted by Gasteiger charge is 2.15. The van der Waals surface area contributed by atoms with Crippen molar-refractivity contribution >= 4 is 5.96 Å². The molecule has 2 heterocycles. The van der Waals surface area contributed by atoms with E-state index in [2.05, 4.69) is 29.0 Å². The fourth-order valence-electron chi connectivity index (χ4n) is 2.32. The van der Waals surface area contributed by atoms with Gasteiger partial charge in [0.25, 0.3) is 0 Å². The Morgan fingerprint density at radius 3 is 2.76 bits per heavy atom. The van der Waals surface area contributed by atoms with Gasteiger partial charge in [-0.25, -0.2) is 9.98 Å². The van der Waals surface area contributed by atoms with Gasteiger partial charge in [-0.05, 0) is 31.7 Å². The second-order valence-electron chi connectivity index (χ2n) is 5.22. The van der Waals surface area contributed by atoms with Crippen molar-refractivity contribution in [3.05, 3.63) is 23.9 Å². The highest BCUT2D eigenvalue weighted by atomic mass is 16.5. The van der Waals surface area contributed by atoms with Crippen molar-refractivity contribution in [2.75, 3.05) is 26.2 Å². The van der Waals surface area contributed by atoms with Crippen molar-refractivity contribution in [1.29, 1.82) is 0 Å². The number of hydrogen-bond donors (Lipinski definition) is 1. The predicted octanol–water partition coefficient (Wildman–Crippen LogP) is 2.43. The molecule has 1 fully saturated rings. The smallest absolute Gasteiger partial charge is 0.213 e. The Kier molecular flexibility index (Phi) is 6.31. The molecule has 1 N–H and O–H groups in total. The van der Waals surface area contributed by atoms with Gasteiger partial charge in [0.15, 0.2) is 5.96 Å². The summed E-state index contributed by atoms with van der Waals surface area (Å²) in [5, 5.41) is 3.36. The van der Waals surface area contributed by atoms with Gasteiger partial charge in [0.05, 0.1) is 13.2 Å². The molecule has 0 spiro atoms. The number of likely N-dealkylation sites (tertiary alicyclic amines) is 1. The fraction of sp³-hybridized carbons (Fsp3) is 0.625. The van der Waals surface area contributed by atoms with E-state index in [9.17, 15) is 0 Å². The van der Waals surface area contributed by atoms with Crippen molar-refractivity contribution in [3.8, 4) is 5.88 Å². The number of hydrogen-bond acceptors (Lipinski definition) is 3. The number of ether oxygens (including phenoxy) is 1. The van der Waals surface area contributed by atoms with Crippen LogP contribution in [0.1, 0.15) is 38.7 Å². The van der Waals surface area contributed by atoms with Crippen molar-refractivity contribution in [1.82, 2.24) is 15.2 Å². The molecule has 5 heteroatoms. The number of pyridine rings is 1. The highest BCUT2D eigenvalue weighted by molar-refractivity contribution is 5.80. The van der Waals surface area contributed by atoms with E-state index in [0.717, 1.165) is 37.6 Å². The van der Waals surface area contributed by atoms with Crippen LogP contribution in [-0.4, -0.2) is 42.1 Å². The minimum atomic E-state index is 0.653. The second-order valence-corrected chi connectivity index (χ2v) is 5.22. The molecular formula is C16H26N4O. The predicted molar refractivity (Wildman–Crippen MR) is 85.6 cm³/mol. The zero-order valence-electron chi connectivity index (χ0n) is 13.1. The molecule has 0 saturated carbocycles. The van der Waals surface area contributed by atoms with Crippen LogP contribution in [0.3, 0.4) is 0 Å². The molecular weight excluding hydrogens is 264 g/mol. The topological polar surface area (TPSA) is 49.8 Å². The van der Waals surface area contributed by atoms with Crippen LogP contribution in [0.25, 0.3) is 0 Å². The summed E-state index contributed by atoms with van der Waals surface area (Å²) in [6.07, 6.45) is 5.36. The van der Waals surface area contributed by atoms with Crippen LogP contribution in [0, 0.1) is 0 Å². The lowest BCUT2D eigenvalue weighted by Gasteiger charge is -2.20. The average molecular weight is 290 g/mol. The van der Waals surface area contributed by atoms with Crippen molar-refractivity contribution in [3.63, 3.8) is 0 Å². The normalized spacial score (nSPS) is 15.3. The third-order valence-corrected chi connectivity index (χ3v) is 3.40. The summed E-state index contributed by atoms with van der Waals surface area (Å²) < 4.78 is 5.49. The van der Waals surface area contributed by atoms with Crippen LogP contribution in [0.4, 0.5) is 0 Å². The van der Waals surface area contributed by atoms with Gasteiger partial charge in [-0.15, -0.1) is 0 Å². The molecule has 1 aliphatic heterocycles. The van der Waals surface area contributed by atoms with Crippen LogP contribution in [0.15, 0.2) is 23.3 Å². The summed E-state index contributed by atoms with van der Waals surface area (Å²) in [4.78, 5) is 11.3. The third kappa shape index (κ3) is 4.92. The Balaban J connectivity index is 1.93. The Hall–Kier alpha value is -1.78. The molecule has 0 amide bonds. The maximum absolute atomic E-state index is 5.49. The number of guanidine groups is 1. The van der Waals surface area contributed by atoms with Gasteiger partial charge >= 0.3 is 0 Å². The number of nitrogens with zero attached hydrogens (tertiary/aromatic N) is 3. The van der Waals surface area contributed by atoms with Crippen LogP contribution in [-0.2, 0) is 6.54 Å². The van der Waals surface area contributed by atoms with E-state index >= 15 is 0 Å². The first-order valence-electron chi connectivity index (χ1n) is 7.94. The van der Waals surface area contributed by atoms with E-state index in [4.69, 9.17) is 9.73 Å². The van der Waals surface area contributed by atoms with E-state index in [1.165, 1.54) is 12.8 Å². The molecule has 0 bridgehead atoms. The third-order valence-electron chi connectivity index (χ3n) is 3.40. The zero-order chi connectivity index (χ0) is 14.9. The number of nitrogens with one attached hydrogen (secondary N) is 1. The van der Waals surface area contributed by atoms with E-state index in [1.807, 2.05) is 18.3 Å². The van der Waals surface area contributed by atoms with E-state index in [0.29, 0.717) is 19.0 Å². The molecule has 1 aromatic heterocycles. The lowest BCUT2D eigenvalue weighted by atomic mass is 10.3. The van der Waals surface area contributed by atoms with Crippen molar-refractivity contribution in [2.45, 2.75) is 39.7 Å². The first kappa shape index (κ1) is 15.6. The van der Waals surface area contributed by atoms with Gasteiger partial charge in [0.1, 0.15) is 0 Å². The molecule has 1 saturated heterocycles. The first-order valence-corrected chi connectivity index (χ1v) is 7.94. The summed E-state index contributed by atoms with van der Waals surface area (Å²) in [5.41, 5.74) is 1.11. The molecule has 5 nitrogen and oxygen atoms in total. The average Bonchev–Trinajstić information content (AvgIpc) is 3.04. The van der Waals surface area contributed by atoms with E-state index in [1.54, 1.807) is 0 Å². The molecule has 0 unspecified atom stereocenters. The minimum absolute atomic E-state index is 0.653. The lowest BCUT2D eigenvalue weighted by Crippen LogP contribution is -2.39. The maximum atomic E-state index is 5.49. The summed E-state index contributed by atoms with van der Waals surface area (Å²) in [6.45, 7) is 8.67. The molecule has 2 rings (SSSR count). The van der Waals surface area contributed by atoms with Gasteiger partial charge in [-0.2, -0.15) is 0 Å². The van der Waals surface area contributed by atoms with Gasteiger partial charge in [-0.1, -0.05) is 13.0 Å². The summed E-state index contributed by atoms with van der Waals surface area (Å²) in [5.74, 6) is 1.71. The summed E-state index contributed by atoms with van der Waals surface area (Å²) in [6, 6.07) is 3.96. The molecule has 21 heavy (non-hydrogen) atoms. The molecule has 0 aliphatic carbocycles. The van der Waals surface area contributed by atoms with Crippen LogP contribution < -0.4 is 10.1 Å². The fourth-order valence-corrected chi connectivity index (χ4v) is 2.32. The molecule has 116 valence electrons. The van der Waals surface area contributed by atoms with Gasteiger partial charge < -0.3 is 15.0 Å². The zero-order valence-corrected chi connectivity index (χ0v) is 13.1. The van der Waals surface area contributed by atoms with E-state index in [-0.39, 0.29) is 0 Å². The Labute approximate surface area is 127 Å². The second kappa shape index (κ2) is 8.49. The Morgan fingerprint density at radius 1 is 1.33 bits per heavy atom. The number of aliphatic imine (C=N–C) groups is 1. The standard InChI is InChI=1S/C16H26N4O/c1-3-11-21-15-8-7-14(12-18-15)13-19-16(17-4-2)20-9-5-6-10-20/h7-8,12H,3-6,9-11,13H2,1-2H3,(H,17,19). The molecule has 1 aliphatic rings. The Morgan fingerprint density at radius 2 is 2.14 bits per heavy atom. The van der Waals surface area contributed by atoms with Crippen LogP contribution in [0.5, 0.6) is 5.88 Å². The van der Waals surface area contributed by atoms with Crippen molar-refractivity contribution in [2.24, 2.45) is 4.99 Å². The highest BCUT2D eigenvalue weighted by Crippen LogP contribution is 2.11. The molecule has 1 aromatic rings. The van der Waals surface area contributed by atoms with Gasteiger partial charge in [0, 0.05) is 31.9 Å². The SMILES string of the molecule is CCCOc1ccc(CN=C(NCC)N2CCCC2)cn1. The van der Waals surface area contributed by atoms with Gasteiger partial charge in [0.2, 0.25) is 5.88 Å². The lowest BCUT2D eigenvalue weighted by molar-refractivity contribution is 0.305. The molecule has 0 radical (unpaired) electrons. The monoisotopic (exact) mass is 290 g/mol. The maximum Gasteiger partial charge on any atom is 0.213 e. The minimum Gasteiger partial charge on any atom is -0.478 e. The largest absolute Gasteiger partial charge is 0.478 e. The van der Waals surface area contributed by atoms with Gasteiger partial charge in [-0.3, -0.25) is 0 Å². The van der Waals surface area contributed by atoms with Crippen LogP contribution >= 0.6 is 0 Å². The Bertz CT molecular complexity index is 438. The summed E-state index contributed by atoms with van der Waals surface area (Å²) >= 11 is 0. The number of aromatic nitrogens is 1. The van der Waals surface area contributed by atoms with Crippen molar-refractivity contribution < 1.29 is 4.74 Å². The molecule has 0 aromatic carbocycles. The van der Waals surface area contributed by atoms with Crippen LogP contribution in [0.2, 0.25) is 0 Å². The van der Waals surface area contributed by atoms with E-state index < -0.39 is 0 Å².